The molecule has 2 aromatic rings. The van der Waals surface area contributed by atoms with Gasteiger partial charge in [0.05, 0.1) is 18.0 Å². The Morgan fingerprint density at radius 2 is 2.03 bits per heavy atom. The van der Waals surface area contributed by atoms with Gasteiger partial charge in [0.15, 0.2) is 5.76 Å². The number of nitrogens with one attached hydrogen (secondary N) is 2. The van der Waals surface area contributed by atoms with Gasteiger partial charge in [-0.1, -0.05) is 12.1 Å². The molecule has 9 heteroatoms. The zero-order valence-corrected chi connectivity index (χ0v) is 20.0. The van der Waals surface area contributed by atoms with Gasteiger partial charge in [0.1, 0.15) is 0 Å². The monoisotopic (exact) mass is 487 g/mol. The van der Waals surface area contributed by atoms with E-state index in [1.54, 1.807) is 23.5 Å². The number of nitrogens with two attached hydrogens (primary N) is 1. The topological polar surface area (TPSA) is 123 Å². The zero-order chi connectivity index (χ0) is 24.2. The van der Waals surface area contributed by atoms with Crippen molar-refractivity contribution >= 4 is 34.5 Å². The molecule has 2 amide bonds. The molecule has 2 unspecified atom stereocenters. The molecule has 184 valence electrons. The van der Waals surface area contributed by atoms with Crippen LogP contribution in [0.4, 0.5) is 11.4 Å². The average Bonchev–Trinajstić information content (AvgIpc) is 3.38. The summed E-state index contributed by atoms with van der Waals surface area (Å²) in [5.41, 5.74) is 8.11. The minimum Gasteiger partial charge on any atom is -0.459 e. The number of allylic oxidation sites excluding steroid dienone is 1. The second-order valence-electron chi connectivity index (χ2n) is 8.13. The fraction of sp³-hybridized carbons (Fsp3) is 0.440. The molecular formula is C25H33N3O5S. The Labute approximate surface area is 204 Å². The number of amides is 2. The number of nitrogen functional groups attached to an aromatic ring is 1. The van der Waals surface area contributed by atoms with Gasteiger partial charge in [-0.3, -0.25) is 9.59 Å². The van der Waals surface area contributed by atoms with Crippen LogP contribution in [-0.4, -0.2) is 43.0 Å². The summed E-state index contributed by atoms with van der Waals surface area (Å²) in [4.78, 5) is 24.8. The molecule has 1 aliphatic rings. The van der Waals surface area contributed by atoms with Crippen molar-refractivity contribution < 1.29 is 24.2 Å². The highest BCUT2D eigenvalue weighted by Crippen LogP contribution is 2.32. The van der Waals surface area contributed by atoms with Crippen molar-refractivity contribution in [2.45, 2.75) is 50.7 Å². The molecular weight excluding hydrogens is 454 g/mol. The third kappa shape index (κ3) is 8.16. The van der Waals surface area contributed by atoms with Gasteiger partial charge in [-0.05, 0) is 66.3 Å². The molecule has 2 heterocycles. The molecule has 0 saturated carbocycles. The van der Waals surface area contributed by atoms with Crippen molar-refractivity contribution in [2.24, 2.45) is 0 Å². The second-order valence-corrected chi connectivity index (χ2v) is 8.91. The third-order valence-corrected chi connectivity index (χ3v) is 6.16. The Kier molecular flexibility index (Phi) is 10.4. The first-order valence-electron chi connectivity index (χ1n) is 11.6. The van der Waals surface area contributed by atoms with Crippen LogP contribution in [0, 0.1) is 0 Å². The van der Waals surface area contributed by atoms with Crippen LogP contribution < -0.4 is 16.4 Å². The summed E-state index contributed by atoms with van der Waals surface area (Å²) in [6, 6.07) is 9.17. The molecule has 0 radical (unpaired) electrons. The van der Waals surface area contributed by atoms with Crippen molar-refractivity contribution in [2.75, 3.05) is 30.8 Å². The molecule has 0 bridgehead atoms. The number of benzene rings is 1. The van der Waals surface area contributed by atoms with Gasteiger partial charge < -0.3 is 30.9 Å². The Morgan fingerprint density at radius 1 is 1.18 bits per heavy atom. The lowest BCUT2D eigenvalue weighted by molar-refractivity contribution is -0.146. The number of ether oxygens (including phenoxy) is 2. The predicted octanol–water partition coefficient (Wildman–Crippen LogP) is 3.76. The molecule has 3 rings (SSSR count). The van der Waals surface area contributed by atoms with Crippen LogP contribution in [0.2, 0.25) is 0 Å². The number of para-hydroxylation sites is 2. The SMILES string of the molecule is Nc1ccccc1NC(=O)CCCCNC(=O)C1=CC(c2ccsc2)CC(OCCCCO)O1. The number of thiophene rings is 1. The Balaban J connectivity index is 1.43. The van der Waals surface area contributed by atoms with E-state index in [1.807, 2.05) is 29.7 Å². The number of unbranched alkanes of at least 4 members (excludes halogenated alkanes) is 2. The van der Waals surface area contributed by atoms with E-state index in [1.165, 1.54) is 0 Å². The molecule has 2 atom stereocenters. The minimum absolute atomic E-state index is 0.0395. The van der Waals surface area contributed by atoms with Crippen molar-refractivity contribution in [1.82, 2.24) is 5.32 Å². The fourth-order valence-electron chi connectivity index (χ4n) is 3.59. The normalized spacial score (nSPS) is 17.5. The highest BCUT2D eigenvalue weighted by atomic mass is 32.1. The first-order valence-corrected chi connectivity index (χ1v) is 12.6. The summed E-state index contributed by atoms with van der Waals surface area (Å²) in [5, 5.41) is 18.7. The maximum Gasteiger partial charge on any atom is 0.286 e. The molecule has 1 aromatic carbocycles. The standard InChI is InChI=1S/C25H33N3O5S/c26-20-7-1-2-8-21(20)28-23(30)9-3-4-11-27-25(31)22-15-19(18-10-14-34-17-18)16-24(33-22)32-13-6-5-12-29/h1-2,7-8,10,14-15,17,19,24,29H,3-6,9,11-13,16,26H2,(H,27,31)(H,28,30). The first-order chi connectivity index (χ1) is 16.6. The van der Waals surface area contributed by atoms with Gasteiger partial charge in [-0.15, -0.1) is 0 Å². The van der Waals surface area contributed by atoms with Crippen LogP contribution in [0.25, 0.3) is 0 Å². The lowest BCUT2D eigenvalue weighted by atomic mass is 9.95. The molecule has 0 fully saturated rings. The van der Waals surface area contributed by atoms with Crippen LogP contribution >= 0.6 is 11.3 Å². The van der Waals surface area contributed by atoms with Gasteiger partial charge >= 0.3 is 0 Å². The highest BCUT2D eigenvalue weighted by Gasteiger charge is 2.28. The summed E-state index contributed by atoms with van der Waals surface area (Å²) in [5.74, 6) is -0.0997. The molecule has 1 aromatic heterocycles. The Morgan fingerprint density at radius 3 is 2.79 bits per heavy atom. The summed E-state index contributed by atoms with van der Waals surface area (Å²) < 4.78 is 11.6. The van der Waals surface area contributed by atoms with E-state index < -0.39 is 6.29 Å². The first kappa shape index (κ1) is 25.7. The highest BCUT2D eigenvalue weighted by molar-refractivity contribution is 7.08. The average molecular weight is 488 g/mol. The van der Waals surface area contributed by atoms with Crippen LogP contribution in [0.1, 0.15) is 50.0 Å². The van der Waals surface area contributed by atoms with Crippen LogP contribution in [-0.2, 0) is 19.1 Å². The third-order valence-electron chi connectivity index (χ3n) is 5.46. The molecule has 0 aliphatic carbocycles. The van der Waals surface area contributed by atoms with Gasteiger partial charge in [-0.2, -0.15) is 11.3 Å². The predicted molar refractivity (Wildman–Crippen MR) is 133 cm³/mol. The minimum atomic E-state index is -0.511. The number of anilines is 2. The van der Waals surface area contributed by atoms with Crippen molar-refractivity contribution in [3.8, 4) is 0 Å². The van der Waals surface area contributed by atoms with E-state index in [0.717, 1.165) is 12.0 Å². The van der Waals surface area contributed by atoms with E-state index in [9.17, 15) is 9.59 Å². The Bertz CT molecular complexity index is 948. The van der Waals surface area contributed by atoms with E-state index in [4.69, 9.17) is 20.3 Å². The molecule has 8 nitrogen and oxygen atoms in total. The molecule has 0 spiro atoms. The van der Waals surface area contributed by atoms with Gasteiger partial charge in [0.2, 0.25) is 12.2 Å². The smallest absolute Gasteiger partial charge is 0.286 e. The second kappa shape index (κ2) is 13.7. The van der Waals surface area contributed by atoms with Crippen LogP contribution in [0.15, 0.2) is 52.9 Å². The fourth-order valence-corrected chi connectivity index (χ4v) is 4.31. The van der Waals surface area contributed by atoms with E-state index in [0.29, 0.717) is 56.6 Å². The van der Waals surface area contributed by atoms with Gasteiger partial charge in [-0.25, -0.2) is 0 Å². The van der Waals surface area contributed by atoms with Gasteiger partial charge in [0.25, 0.3) is 5.91 Å². The van der Waals surface area contributed by atoms with E-state index in [-0.39, 0.29) is 30.1 Å². The molecule has 34 heavy (non-hydrogen) atoms. The molecule has 1 aliphatic heterocycles. The largest absolute Gasteiger partial charge is 0.459 e. The lowest BCUT2D eigenvalue weighted by Gasteiger charge is -2.29. The quantitative estimate of drug-likeness (QED) is 0.252. The number of rotatable bonds is 13. The van der Waals surface area contributed by atoms with Crippen LogP contribution in [0.5, 0.6) is 0 Å². The van der Waals surface area contributed by atoms with Crippen LogP contribution in [0.3, 0.4) is 0 Å². The van der Waals surface area contributed by atoms with Crippen molar-refractivity contribution in [3.05, 3.63) is 58.5 Å². The number of aliphatic hydroxyl groups is 1. The molecule has 5 N–H and O–H groups in total. The molecule has 0 saturated heterocycles. The van der Waals surface area contributed by atoms with E-state index in [2.05, 4.69) is 16.0 Å². The van der Waals surface area contributed by atoms with Gasteiger partial charge in [0, 0.05) is 31.9 Å². The zero-order valence-electron chi connectivity index (χ0n) is 19.2. The van der Waals surface area contributed by atoms with E-state index >= 15 is 0 Å². The lowest BCUT2D eigenvalue weighted by Crippen LogP contribution is -2.33. The van der Waals surface area contributed by atoms with Crippen molar-refractivity contribution in [3.63, 3.8) is 0 Å². The number of hydrogen-bond acceptors (Lipinski definition) is 7. The number of carbonyl (C=O) groups is 2. The number of aliphatic hydroxyl groups excluding tert-OH is 1. The summed E-state index contributed by atoms with van der Waals surface area (Å²) in [6.45, 7) is 1.03. The number of hydrogen-bond donors (Lipinski definition) is 4. The summed E-state index contributed by atoms with van der Waals surface area (Å²) in [7, 11) is 0. The number of carbonyl (C=O) groups excluding carboxylic acids is 2. The maximum absolute atomic E-state index is 12.7. The summed E-state index contributed by atoms with van der Waals surface area (Å²) in [6.07, 6.45) is 5.00. The summed E-state index contributed by atoms with van der Waals surface area (Å²) >= 11 is 1.61. The Hall–Kier alpha value is -2.88. The maximum atomic E-state index is 12.7. The van der Waals surface area contributed by atoms with Crippen molar-refractivity contribution in [1.29, 1.82) is 0 Å².